The third-order valence-corrected chi connectivity index (χ3v) is 4.17. The van der Waals surface area contributed by atoms with E-state index in [4.69, 9.17) is 4.74 Å². The summed E-state index contributed by atoms with van der Waals surface area (Å²) in [6.07, 6.45) is 0. The zero-order chi connectivity index (χ0) is 18.0. The number of aryl methyl sites for hydroxylation is 1. The van der Waals surface area contributed by atoms with Crippen molar-refractivity contribution in [1.29, 1.82) is 0 Å². The Morgan fingerprint density at radius 2 is 1.88 bits per heavy atom. The molecule has 3 aromatic rings. The number of nitrogens with one attached hydrogen (secondary N) is 1. The van der Waals surface area contributed by atoms with Crippen molar-refractivity contribution in [2.24, 2.45) is 0 Å². The van der Waals surface area contributed by atoms with E-state index < -0.39 is 0 Å². The van der Waals surface area contributed by atoms with Gasteiger partial charge in [0.2, 0.25) is 0 Å². The van der Waals surface area contributed by atoms with Crippen LogP contribution >= 0.6 is 0 Å². The summed E-state index contributed by atoms with van der Waals surface area (Å²) >= 11 is 0. The van der Waals surface area contributed by atoms with Crippen LogP contribution in [0.1, 0.15) is 34.6 Å². The summed E-state index contributed by atoms with van der Waals surface area (Å²) in [6, 6.07) is 13.2. The summed E-state index contributed by atoms with van der Waals surface area (Å²) in [5.41, 5.74) is 2.81. The lowest BCUT2D eigenvalue weighted by molar-refractivity contribution is 0.0939. The maximum Gasteiger partial charge on any atom is 0.253 e. The van der Waals surface area contributed by atoms with Crippen LogP contribution in [0.15, 0.2) is 48.5 Å². The van der Waals surface area contributed by atoms with Crippen LogP contribution in [0.4, 0.5) is 4.39 Å². The second kappa shape index (κ2) is 6.89. The van der Waals surface area contributed by atoms with E-state index >= 15 is 0 Å². The van der Waals surface area contributed by atoms with Crippen molar-refractivity contribution in [2.75, 3.05) is 7.11 Å². The van der Waals surface area contributed by atoms with Gasteiger partial charge in [0.05, 0.1) is 29.9 Å². The molecule has 25 heavy (non-hydrogen) atoms. The van der Waals surface area contributed by atoms with E-state index in [0.717, 1.165) is 16.5 Å². The minimum atomic E-state index is -0.300. The summed E-state index contributed by atoms with van der Waals surface area (Å²) < 4.78 is 18.3. The fourth-order valence-corrected chi connectivity index (χ4v) is 2.72. The van der Waals surface area contributed by atoms with E-state index in [1.165, 1.54) is 12.1 Å². The molecule has 1 unspecified atom stereocenters. The first kappa shape index (κ1) is 16.9. The van der Waals surface area contributed by atoms with Gasteiger partial charge in [0.25, 0.3) is 5.91 Å². The van der Waals surface area contributed by atoms with Crippen molar-refractivity contribution in [3.63, 3.8) is 0 Å². The molecule has 0 saturated heterocycles. The summed E-state index contributed by atoms with van der Waals surface area (Å²) in [4.78, 5) is 17.2. The standard InChI is InChI=1S/C20H19FN2O2/c1-12(14-4-6-16(21)7-5-14)23-20(24)18-11-15-10-17(25-3)8-9-19(15)22-13(18)2/h4-12H,1-3H3,(H,23,24). The number of amides is 1. The molecule has 1 N–H and O–H groups in total. The molecule has 128 valence electrons. The third-order valence-electron chi connectivity index (χ3n) is 4.17. The highest BCUT2D eigenvalue weighted by Crippen LogP contribution is 2.22. The smallest absolute Gasteiger partial charge is 0.253 e. The van der Waals surface area contributed by atoms with E-state index in [2.05, 4.69) is 10.3 Å². The van der Waals surface area contributed by atoms with Gasteiger partial charge in [-0.1, -0.05) is 12.1 Å². The number of ether oxygens (including phenoxy) is 1. The maximum absolute atomic E-state index is 13.0. The predicted octanol–water partition coefficient (Wildman–Crippen LogP) is 4.18. The average Bonchev–Trinajstić information content (AvgIpc) is 2.61. The lowest BCUT2D eigenvalue weighted by Crippen LogP contribution is -2.27. The molecule has 0 aliphatic carbocycles. The number of rotatable bonds is 4. The quantitative estimate of drug-likeness (QED) is 0.776. The van der Waals surface area contributed by atoms with Gasteiger partial charge in [0.1, 0.15) is 11.6 Å². The highest BCUT2D eigenvalue weighted by atomic mass is 19.1. The Hall–Kier alpha value is -2.95. The highest BCUT2D eigenvalue weighted by Gasteiger charge is 2.15. The number of halogens is 1. The number of aromatic nitrogens is 1. The van der Waals surface area contributed by atoms with Crippen molar-refractivity contribution in [3.8, 4) is 5.75 Å². The van der Waals surface area contributed by atoms with Gasteiger partial charge in [-0.05, 0) is 55.8 Å². The Labute approximate surface area is 145 Å². The molecule has 5 heteroatoms. The van der Waals surface area contributed by atoms with Gasteiger partial charge in [-0.2, -0.15) is 0 Å². The normalized spacial score (nSPS) is 12.0. The topological polar surface area (TPSA) is 51.2 Å². The van der Waals surface area contributed by atoms with Crippen LogP contribution in [0, 0.1) is 12.7 Å². The molecule has 0 aliphatic rings. The number of fused-ring (bicyclic) bond motifs is 1. The van der Waals surface area contributed by atoms with Crippen LogP contribution in [0.3, 0.4) is 0 Å². The fourth-order valence-electron chi connectivity index (χ4n) is 2.72. The van der Waals surface area contributed by atoms with Gasteiger partial charge in [0.15, 0.2) is 0 Å². The molecule has 3 rings (SSSR count). The second-order valence-corrected chi connectivity index (χ2v) is 5.93. The SMILES string of the molecule is COc1ccc2nc(C)c(C(=O)NC(C)c3ccc(F)cc3)cc2c1. The molecule has 1 heterocycles. The van der Waals surface area contributed by atoms with Crippen LogP contribution in [0.25, 0.3) is 10.9 Å². The van der Waals surface area contributed by atoms with Crippen molar-refractivity contribution >= 4 is 16.8 Å². The minimum Gasteiger partial charge on any atom is -0.497 e. The van der Waals surface area contributed by atoms with Gasteiger partial charge in [-0.15, -0.1) is 0 Å². The van der Waals surface area contributed by atoms with Crippen LogP contribution in [0.5, 0.6) is 5.75 Å². The molecule has 0 saturated carbocycles. The molecule has 4 nitrogen and oxygen atoms in total. The van der Waals surface area contributed by atoms with Crippen molar-refractivity contribution in [2.45, 2.75) is 19.9 Å². The Morgan fingerprint density at radius 3 is 2.56 bits per heavy atom. The first-order valence-corrected chi connectivity index (χ1v) is 7.99. The predicted molar refractivity (Wildman–Crippen MR) is 95.3 cm³/mol. The number of hydrogen-bond acceptors (Lipinski definition) is 3. The molecule has 1 amide bonds. The Morgan fingerprint density at radius 1 is 1.16 bits per heavy atom. The molecule has 1 aromatic heterocycles. The zero-order valence-corrected chi connectivity index (χ0v) is 14.3. The van der Waals surface area contributed by atoms with Gasteiger partial charge in [-0.25, -0.2) is 4.39 Å². The fraction of sp³-hybridized carbons (Fsp3) is 0.200. The average molecular weight is 338 g/mol. The van der Waals surface area contributed by atoms with Gasteiger partial charge >= 0.3 is 0 Å². The molecule has 0 fully saturated rings. The van der Waals surface area contributed by atoms with E-state index in [9.17, 15) is 9.18 Å². The maximum atomic E-state index is 13.0. The first-order valence-electron chi connectivity index (χ1n) is 7.99. The molecule has 0 spiro atoms. The van der Waals surface area contributed by atoms with Crippen LogP contribution in [0.2, 0.25) is 0 Å². The first-order chi connectivity index (χ1) is 12.0. The molecule has 1 atom stereocenters. The van der Waals surface area contributed by atoms with Crippen LogP contribution in [-0.2, 0) is 0 Å². The summed E-state index contributed by atoms with van der Waals surface area (Å²) in [5.74, 6) is 0.196. The van der Waals surface area contributed by atoms with Crippen LogP contribution < -0.4 is 10.1 Å². The number of pyridine rings is 1. The molecule has 2 aromatic carbocycles. The van der Waals surface area contributed by atoms with Gasteiger partial charge < -0.3 is 10.1 Å². The number of hydrogen-bond donors (Lipinski definition) is 1. The molecular formula is C20H19FN2O2. The largest absolute Gasteiger partial charge is 0.497 e. The molecule has 0 bridgehead atoms. The monoisotopic (exact) mass is 338 g/mol. The number of benzene rings is 2. The molecular weight excluding hydrogens is 319 g/mol. The van der Waals surface area contributed by atoms with Gasteiger partial charge in [0, 0.05) is 5.39 Å². The van der Waals surface area contributed by atoms with Crippen LogP contribution in [-0.4, -0.2) is 18.0 Å². The van der Waals surface area contributed by atoms with Crippen molar-refractivity contribution in [3.05, 3.63) is 71.2 Å². The number of nitrogens with zero attached hydrogens (tertiary/aromatic N) is 1. The van der Waals surface area contributed by atoms with Gasteiger partial charge in [-0.3, -0.25) is 9.78 Å². The van der Waals surface area contributed by atoms with E-state index in [1.807, 2.05) is 31.2 Å². The second-order valence-electron chi connectivity index (χ2n) is 5.93. The summed E-state index contributed by atoms with van der Waals surface area (Å²) in [5, 5.41) is 3.77. The lowest BCUT2D eigenvalue weighted by atomic mass is 10.1. The van der Waals surface area contributed by atoms with E-state index in [0.29, 0.717) is 17.0 Å². The lowest BCUT2D eigenvalue weighted by Gasteiger charge is -2.15. The number of carbonyl (C=O) groups is 1. The Bertz CT molecular complexity index is 923. The Kier molecular flexibility index (Phi) is 4.65. The van der Waals surface area contributed by atoms with E-state index in [-0.39, 0.29) is 17.8 Å². The summed E-state index contributed by atoms with van der Waals surface area (Å²) in [7, 11) is 1.60. The summed E-state index contributed by atoms with van der Waals surface area (Å²) in [6.45, 7) is 3.67. The highest BCUT2D eigenvalue weighted by molar-refractivity contribution is 5.99. The van der Waals surface area contributed by atoms with E-state index in [1.54, 1.807) is 26.2 Å². The minimum absolute atomic E-state index is 0.216. The Balaban J connectivity index is 1.88. The van der Waals surface area contributed by atoms with Crippen molar-refractivity contribution < 1.29 is 13.9 Å². The number of carbonyl (C=O) groups excluding carboxylic acids is 1. The third kappa shape index (κ3) is 3.60. The molecule has 0 radical (unpaired) electrons. The zero-order valence-electron chi connectivity index (χ0n) is 14.3. The van der Waals surface area contributed by atoms with Crippen molar-refractivity contribution in [1.82, 2.24) is 10.3 Å². The molecule has 0 aliphatic heterocycles. The number of methoxy groups -OCH3 is 1.